The number of carbonyl (C=O) groups excluding carboxylic acids is 1. The van der Waals surface area contributed by atoms with Crippen LogP contribution >= 0.6 is 0 Å². The summed E-state index contributed by atoms with van der Waals surface area (Å²) >= 11 is 0. The molecule has 1 saturated heterocycles. The number of nitro groups is 1. The fourth-order valence-electron chi connectivity index (χ4n) is 2.43. The summed E-state index contributed by atoms with van der Waals surface area (Å²) in [6.45, 7) is 0.325. The number of ether oxygens (including phenoxy) is 2. The molecule has 3 unspecified atom stereocenters. The highest BCUT2D eigenvalue weighted by molar-refractivity contribution is 5.77. The summed E-state index contributed by atoms with van der Waals surface area (Å²) in [5, 5.41) is 10.6. The van der Waals surface area contributed by atoms with Crippen LogP contribution in [0.1, 0.15) is 12.0 Å². The standard InChI is InChI=1S/C14H13NO5/c16-14-10-3-6-12(13(7-10)20-14)19-8-9-1-4-11(5-2-9)15(17)18/h1-6,10,12-13H,7-8H2. The molecule has 1 aromatic carbocycles. The number of rotatable bonds is 4. The Balaban J connectivity index is 1.60. The normalized spacial score (nSPS) is 27.4. The Morgan fingerprint density at radius 2 is 2.05 bits per heavy atom. The van der Waals surface area contributed by atoms with Gasteiger partial charge in [-0.15, -0.1) is 0 Å². The number of hydrogen-bond acceptors (Lipinski definition) is 5. The molecule has 0 aromatic heterocycles. The molecule has 6 nitrogen and oxygen atoms in total. The first-order chi connectivity index (χ1) is 9.63. The van der Waals surface area contributed by atoms with Crippen LogP contribution in [0.15, 0.2) is 36.4 Å². The van der Waals surface area contributed by atoms with Crippen molar-refractivity contribution in [3.05, 3.63) is 52.1 Å². The van der Waals surface area contributed by atoms with E-state index < -0.39 is 4.92 Å². The van der Waals surface area contributed by atoms with Gasteiger partial charge in [0.25, 0.3) is 5.69 Å². The van der Waals surface area contributed by atoms with Crippen LogP contribution in [0, 0.1) is 16.0 Å². The van der Waals surface area contributed by atoms with E-state index in [-0.39, 0.29) is 29.8 Å². The summed E-state index contributed by atoms with van der Waals surface area (Å²) in [5.74, 6) is -0.313. The lowest BCUT2D eigenvalue weighted by Gasteiger charge is -2.21. The van der Waals surface area contributed by atoms with Gasteiger partial charge in [0.15, 0.2) is 0 Å². The molecule has 1 fully saturated rings. The van der Waals surface area contributed by atoms with Gasteiger partial charge in [-0.3, -0.25) is 14.9 Å². The van der Waals surface area contributed by atoms with Gasteiger partial charge in [-0.1, -0.05) is 12.2 Å². The molecule has 6 heteroatoms. The fraction of sp³-hybridized carbons (Fsp3) is 0.357. The van der Waals surface area contributed by atoms with Crippen molar-refractivity contribution in [3.63, 3.8) is 0 Å². The molecule has 1 aliphatic heterocycles. The van der Waals surface area contributed by atoms with Crippen LogP contribution in [0.25, 0.3) is 0 Å². The number of non-ortho nitro benzene ring substituents is 1. The van der Waals surface area contributed by atoms with Crippen LogP contribution in [0.4, 0.5) is 5.69 Å². The van der Waals surface area contributed by atoms with Crippen LogP contribution in [0.2, 0.25) is 0 Å². The number of nitrogens with zero attached hydrogens (tertiary/aromatic N) is 1. The van der Waals surface area contributed by atoms with Crippen molar-refractivity contribution in [3.8, 4) is 0 Å². The smallest absolute Gasteiger partial charge is 0.313 e. The number of fused-ring (bicyclic) bond motifs is 2. The molecule has 104 valence electrons. The van der Waals surface area contributed by atoms with Gasteiger partial charge in [0.2, 0.25) is 0 Å². The van der Waals surface area contributed by atoms with Crippen molar-refractivity contribution in [2.24, 2.45) is 5.92 Å². The van der Waals surface area contributed by atoms with Gasteiger partial charge in [0.1, 0.15) is 12.2 Å². The van der Waals surface area contributed by atoms with E-state index in [9.17, 15) is 14.9 Å². The summed E-state index contributed by atoms with van der Waals surface area (Å²) in [5.41, 5.74) is 0.898. The maximum atomic E-state index is 11.4. The van der Waals surface area contributed by atoms with E-state index in [2.05, 4.69) is 0 Å². The third-order valence-corrected chi connectivity index (χ3v) is 3.55. The van der Waals surface area contributed by atoms with E-state index in [0.29, 0.717) is 13.0 Å². The number of esters is 1. The molecule has 1 heterocycles. The van der Waals surface area contributed by atoms with Gasteiger partial charge in [-0.2, -0.15) is 0 Å². The summed E-state index contributed by atoms with van der Waals surface area (Å²) in [4.78, 5) is 21.5. The average Bonchev–Trinajstić information content (AvgIpc) is 2.74. The minimum atomic E-state index is -0.438. The SMILES string of the molecule is O=C1OC2CC1C=CC2OCc1ccc([N+](=O)[O-])cc1. The van der Waals surface area contributed by atoms with Crippen LogP contribution < -0.4 is 0 Å². The van der Waals surface area contributed by atoms with Gasteiger partial charge in [-0.25, -0.2) is 0 Å². The first-order valence-electron chi connectivity index (χ1n) is 6.37. The molecule has 0 radical (unpaired) electrons. The van der Waals surface area contributed by atoms with Crippen molar-refractivity contribution >= 4 is 11.7 Å². The van der Waals surface area contributed by atoms with Crippen molar-refractivity contribution in [2.75, 3.05) is 0 Å². The first-order valence-corrected chi connectivity index (χ1v) is 6.37. The fourth-order valence-corrected chi connectivity index (χ4v) is 2.43. The zero-order valence-corrected chi connectivity index (χ0v) is 10.6. The Morgan fingerprint density at radius 1 is 1.30 bits per heavy atom. The second-order valence-electron chi connectivity index (χ2n) is 4.90. The van der Waals surface area contributed by atoms with Crippen molar-refractivity contribution in [1.29, 1.82) is 0 Å². The third kappa shape index (κ3) is 2.42. The summed E-state index contributed by atoms with van der Waals surface area (Å²) in [7, 11) is 0. The summed E-state index contributed by atoms with van der Waals surface area (Å²) in [6.07, 6.45) is 3.89. The van der Waals surface area contributed by atoms with Gasteiger partial charge in [-0.05, 0) is 17.7 Å². The van der Waals surface area contributed by atoms with E-state index >= 15 is 0 Å². The zero-order valence-electron chi connectivity index (χ0n) is 10.6. The summed E-state index contributed by atoms with van der Waals surface area (Å²) in [6, 6.07) is 6.21. The maximum absolute atomic E-state index is 11.4. The topological polar surface area (TPSA) is 78.7 Å². The Kier molecular flexibility index (Phi) is 3.23. The summed E-state index contributed by atoms with van der Waals surface area (Å²) < 4.78 is 10.9. The largest absolute Gasteiger partial charge is 0.459 e. The second-order valence-corrected chi connectivity index (χ2v) is 4.90. The van der Waals surface area contributed by atoms with Gasteiger partial charge in [0, 0.05) is 18.6 Å². The molecule has 0 amide bonds. The Labute approximate surface area is 115 Å². The molecule has 2 bridgehead atoms. The molecular formula is C14H13NO5. The number of carbonyl (C=O) groups is 1. The molecule has 0 N–H and O–H groups in total. The molecule has 3 rings (SSSR count). The number of nitro benzene ring substituents is 1. The highest BCUT2D eigenvalue weighted by Crippen LogP contribution is 2.31. The van der Waals surface area contributed by atoms with E-state index in [4.69, 9.17) is 9.47 Å². The highest BCUT2D eigenvalue weighted by Gasteiger charge is 2.40. The Bertz CT molecular complexity index is 565. The third-order valence-electron chi connectivity index (χ3n) is 3.55. The van der Waals surface area contributed by atoms with E-state index in [1.54, 1.807) is 12.1 Å². The van der Waals surface area contributed by atoms with Crippen molar-refractivity contribution in [2.45, 2.75) is 25.2 Å². The lowest BCUT2D eigenvalue weighted by molar-refractivity contribution is -0.384. The average molecular weight is 275 g/mol. The lowest BCUT2D eigenvalue weighted by atomic mass is 9.95. The first kappa shape index (κ1) is 12.8. The molecule has 1 aliphatic carbocycles. The zero-order chi connectivity index (χ0) is 14.1. The molecule has 20 heavy (non-hydrogen) atoms. The molecule has 0 saturated carbocycles. The number of benzene rings is 1. The minimum Gasteiger partial charge on any atom is -0.459 e. The minimum absolute atomic E-state index is 0.0545. The quantitative estimate of drug-likeness (QED) is 0.363. The van der Waals surface area contributed by atoms with E-state index in [0.717, 1.165) is 5.56 Å². The number of hydrogen-bond donors (Lipinski definition) is 0. The van der Waals surface area contributed by atoms with Crippen LogP contribution in [-0.4, -0.2) is 23.1 Å². The van der Waals surface area contributed by atoms with Crippen LogP contribution in [0.3, 0.4) is 0 Å². The maximum Gasteiger partial charge on any atom is 0.313 e. The Hall–Kier alpha value is -2.21. The van der Waals surface area contributed by atoms with E-state index in [1.165, 1.54) is 12.1 Å². The highest BCUT2D eigenvalue weighted by atomic mass is 16.6. The van der Waals surface area contributed by atoms with Crippen LogP contribution in [-0.2, 0) is 20.9 Å². The van der Waals surface area contributed by atoms with Gasteiger partial charge < -0.3 is 9.47 Å². The molecule has 1 aromatic rings. The molecular weight excluding hydrogens is 262 g/mol. The van der Waals surface area contributed by atoms with Gasteiger partial charge >= 0.3 is 5.97 Å². The van der Waals surface area contributed by atoms with Crippen molar-refractivity contribution < 1.29 is 19.2 Å². The van der Waals surface area contributed by atoms with Crippen LogP contribution in [0.5, 0.6) is 0 Å². The monoisotopic (exact) mass is 275 g/mol. The predicted octanol–water partition coefficient (Wildman–Crippen LogP) is 1.98. The molecule has 2 aliphatic rings. The van der Waals surface area contributed by atoms with Crippen molar-refractivity contribution in [1.82, 2.24) is 0 Å². The second kappa shape index (κ2) is 5.05. The van der Waals surface area contributed by atoms with E-state index in [1.807, 2.05) is 12.2 Å². The predicted molar refractivity (Wildman–Crippen MR) is 68.8 cm³/mol. The molecule has 0 spiro atoms. The lowest BCUT2D eigenvalue weighted by Crippen LogP contribution is -2.28. The Morgan fingerprint density at radius 3 is 2.75 bits per heavy atom. The molecule has 3 atom stereocenters. The van der Waals surface area contributed by atoms with Gasteiger partial charge in [0.05, 0.1) is 17.4 Å².